The molecule has 9 heteroatoms. The standard InChI is InChI=1S/C27H28N2O7/c1-2-14-35-26(33)17-10-12-19(13-11-17)28-23(30)16-36-27(34)18-6-5-7-20(15-18)29-24(31)21-8-3-4-9-22(21)25(29)32/h5-7,10-13,15,21-22H,2-4,8-9,14,16H2,1H3,(H,28,30)/t21-,22+. The van der Waals surface area contributed by atoms with Gasteiger partial charge in [0.2, 0.25) is 11.8 Å². The lowest BCUT2D eigenvalue weighted by atomic mass is 9.81. The van der Waals surface area contributed by atoms with Crippen molar-refractivity contribution in [2.75, 3.05) is 23.4 Å². The van der Waals surface area contributed by atoms with Crippen molar-refractivity contribution in [1.82, 2.24) is 0 Å². The average Bonchev–Trinajstić information content (AvgIpc) is 3.16. The predicted molar refractivity (Wildman–Crippen MR) is 130 cm³/mol. The quantitative estimate of drug-likeness (QED) is 0.440. The monoisotopic (exact) mass is 492 g/mol. The molecule has 4 rings (SSSR count). The Labute approximate surface area is 208 Å². The van der Waals surface area contributed by atoms with Crippen LogP contribution in [0.15, 0.2) is 48.5 Å². The van der Waals surface area contributed by atoms with Gasteiger partial charge < -0.3 is 14.8 Å². The number of amides is 3. The molecule has 1 aliphatic heterocycles. The van der Waals surface area contributed by atoms with Crippen LogP contribution in [-0.2, 0) is 23.9 Å². The van der Waals surface area contributed by atoms with Crippen LogP contribution in [0.1, 0.15) is 59.7 Å². The maximum absolute atomic E-state index is 12.8. The summed E-state index contributed by atoms with van der Waals surface area (Å²) in [4.78, 5) is 63.5. The average molecular weight is 493 g/mol. The molecule has 9 nitrogen and oxygen atoms in total. The maximum Gasteiger partial charge on any atom is 0.338 e. The third kappa shape index (κ3) is 5.45. The number of benzene rings is 2. The highest BCUT2D eigenvalue weighted by Gasteiger charge is 2.48. The number of nitrogens with one attached hydrogen (secondary N) is 1. The summed E-state index contributed by atoms with van der Waals surface area (Å²) in [5.74, 6) is -2.78. The molecule has 0 unspecified atom stereocenters. The van der Waals surface area contributed by atoms with E-state index in [-0.39, 0.29) is 29.2 Å². The molecular weight excluding hydrogens is 464 g/mol. The molecule has 1 aliphatic carbocycles. The fraction of sp³-hybridized carbons (Fsp3) is 0.370. The third-order valence-corrected chi connectivity index (χ3v) is 6.36. The Hall–Kier alpha value is -4.01. The SMILES string of the molecule is CCCOC(=O)c1ccc(NC(=O)COC(=O)c2cccc(N3C(=O)[C@H]4CCCC[C@H]4C3=O)c2)cc1. The zero-order valence-corrected chi connectivity index (χ0v) is 20.0. The van der Waals surface area contributed by atoms with Crippen molar-refractivity contribution >= 4 is 41.0 Å². The van der Waals surface area contributed by atoms with Gasteiger partial charge in [0.1, 0.15) is 0 Å². The Morgan fingerprint density at radius 1 is 0.889 bits per heavy atom. The number of carbonyl (C=O) groups excluding carboxylic acids is 5. The van der Waals surface area contributed by atoms with Crippen molar-refractivity contribution in [3.63, 3.8) is 0 Å². The molecule has 3 amide bonds. The first-order valence-electron chi connectivity index (χ1n) is 12.1. The molecule has 2 aliphatic rings. The first-order valence-corrected chi connectivity index (χ1v) is 12.1. The second kappa shape index (κ2) is 11.2. The van der Waals surface area contributed by atoms with Crippen molar-refractivity contribution in [3.8, 4) is 0 Å². The van der Waals surface area contributed by atoms with Gasteiger partial charge in [-0.2, -0.15) is 0 Å². The van der Waals surface area contributed by atoms with E-state index in [1.807, 2.05) is 6.92 Å². The number of carbonyl (C=O) groups is 5. The highest BCUT2D eigenvalue weighted by atomic mass is 16.5. The molecule has 1 saturated heterocycles. The van der Waals surface area contributed by atoms with E-state index in [1.165, 1.54) is 29.2 Å². The van der Waals surface area contributed by atoms with Crippen LogP contribution >= 0.6 is 0 Å². The normalized spacial score (nSPS) is 19.0. The molecule has 0 bridgehead atoms. The fourth-order valence-corrected chi connectivity index (χ4v) is 4.57. The Bertz CT molecular complexity index is 1150. The number of ether oxygens (including phenoxy) is 2. The van der Waals surface area contributed by atoms with Crippen molar-refractivity contribution < 1.29 is 33.4 Å². The van der Waals surface area contributed by atoms with Gasteiger partial charge in [-0.25, -0.2) is 9.59 Å². The molecule has 188 valence electrons. The van der Waals surface area contributed by atoms with Crippen LogP contribution in [0, 0.1) is 11.8 Å². The number of rotatable bonds is 8. The van der Waals surface area contributed by atoms with Crippen molar-refractivity contribution in [3.05, 3.63) is 59.7 Å². The maximum atomic E-state index is 12.8. The number of anilines is 2. The van der Waals surface area contributed by atoms with E-state index >= 15 is 0 Å². The first kappa shape index (κ1) is 25.1. The van der Waals surface area contributed by atoms with Crippen LogP contribution in [0.2, 0.25) is 0 Å². The lowest BCUT2D eigenvalue weighted by Gasteiger charge is -2.19. The van der Waals surface area contributed by atoms with Crippen LogP contribution in [-0.4, -0.2) is 42.9 Å². The van der Waals surface area contributed by atoms with Crippen LogP contribution in [0.25, 0.3) is 0 Å². The summed E-state index contributed by atoms with van der Waals surface area (Å²) >= 11 is 0. The predicted octanol–water partition coefficient (Wildman–Crippen LogP) is 3.73. The van der Waals surface area contributed by atoms with Gasteiger partial charge in [-0.05, 0) is 61.7 Å². The van der Waals surface area contributed by atoms with Gasteiger partial charge in [0.15, 0.2) is 6.61 Å². The van der Waals surface area contributed by atoms with Gasteiger partial charge in [-0.15, -0.1) is 0 Å². The van der Waals surface area contributed by atoms with E-state index in [9.17, 15) is 24.0 Å². The minimum Gasteiger partial charge on any atom is -0.462 e. The Morgan fingerprint density at radius 2 is 1.53 bits per heavy atom. The molecule has 0 aromatic heterocycles. The second-order valence-electron chi connectivity index (χ2n) is 8.90. The van der Waals surface area contributed by atoms with Crippen molar-refractivity contribution in [2.24, 2.45) is 11.8 Å². The van der Waals surface area contributed by atoms with Gasteiger partial charge in [-0.1, -0.05) is 25.8 Å². The van der Waals surface area contributed by atoms with Gasteiger partial charge in [0.25, 0.3) is 5.91 Å². The Balaban J connectivity index is 1.33. The second-order valence-corrected chi connectivity index (χ2v) is 8.90. The van der Waals surface area contributed by atoms with Gasteiger partial charge >= 0.3 is 11.9 Å². The van der Waals surface area contributed by atoms with Crippen LogP contribution in [0.4, 0.5) is 11.4 Å². The molecule has 0 spiro atoms. The fourth-order valence-electron chi connectivity index (χ4n) is 4.57. The number of imide groups is 1. The molecule has 36 heavy (non-hydrogen) atoms. The summed E-state index contributed by atoms with van der Waals surface area (Å²) in [6, 6.07) is 12.3. The molecular formula is C27H28N2O7. The smallest absolute Gasteiger partial charge is 0.338 e. The number of esters is 2. The highest BCUT2D eigenvalue weighted by molar-refractivity contribution is 6.22. The Kier molecular flexibility index (Phi) is 7.77. The summed E-state index contributed by atoms with van der Waals surface area (Å²) < 4.78 is 10.2. The largest absolute Gasteiger partial charge is 0.462 e. The molecule has 2 fully saturated rings. The molecule has 0 radical (unpaired) electrons. The molecule has 1 saturated carbocycles. The molecule has 1 N–H and O–H groups in total. The van der Waals surface area contributed by atoms with Gasteiger partial charge in [0, 0.05) is 5.69 Å². The zero-order valence-electron chi connectivity index (χ0n) is 20.0. The lowest BCUT2D eigenvalue weighted by molar-refractivity contribution is -0.122. The van der Waals surface area contributed by atoms with Crippen LogP contribution in [0.3, 0.4) is 0 Å². The van der Waals surface area contributed by atoms with Gasteiger partial charge in [0.05, 0.1) is 35.3 Å². The summed E-state index contributed by atoms with van der Waals surface area (Å²) in [5.41, 5.74) is 1.25. The van der Waals surface area contributed by atoms with Crippen molar-refractivity contribution in [1.29, 1.82) is 0 Å². The van der Waals surface area contributed by atoms with E-state index < -0.39 is 24.5 Å². The van der Waals surface area contributed by atoms with Gasteiger partial charge in [-0.3, -0.25) is 19.3 Å². The van der Waals surface area contributed by atoms with E-state index in [0.29, 0.717) is 36.4 Å². The topological polar surface area (TPSA) is 119 Å². The summed E-state index contributed by atoms with van der Waals surface area (Å²) in [6.45, 7) is 1.70. The van der Waals surface area contributed by atoms with Crippen LogP contribution < -0.4 is 10.2 Å². The van der Waals surface area contributed by atoms with Crippen molar-refractivity contribution in [2.45, 2.75) is 39.0 Å². The summed E-state index contributed by atoms with van der Waals surface area (Å²) in [5, 5.41) is 2.59. The van der Waals surface area contributed by atoms with E-state index in [0.717, 1.165) is 19.3 Å². The third-order valence-electron chi connectivity index (χ3n) is 6.36. The number of hydrogen-bond acceptors (Lipinski definition) is 7. The number of nitrogens with zero attached hydrogens (tertiary/aromatic N) is 1. The molecule has 1 heterocycles. The summed E-state index contributed by atoms with van der Waals surface area (Å²) in [7, 11) is 0. The molecule has 2 aromatic carbocycles. The lowest BCUT2D eigenvalue weighted by Crippen LogP contribution is -2.31. The number of hydrogen-bond donors (Lipinski definition) is 1. The zero-order chi connectivity index (χ0) is 25.7. The minimum atomic E-state index is -0.752. The molecule has 2 aromatic rings. The molecule has 2 atom stereocenters. The first-order chi connectivity index (χ1) is 17.4. The van der Waals surface area contributed by atoms with E-state index in [1.54, 1.807) is 24.3 Å². The summed E-state index contributed by atoms with van der Waals surface area (Å²) in [6.07, 6.45) is 3.98. The Morgan fingerprint density at radius 3 is 2.17 bits per heavy atom. The van der Waals surface area contributed by atoms with E-state index in [2.05, 4.69) is 5.32 Å². The number of fused-ring (bicyclic) bond motifs is 1. The minimum absolute atomic E-state index is 0.130. The highest BCUT2D eigenvalue weighted by Crippen LogP contribution is 2.40. The van der Waals surface area contributed by atoms with Crippen LogP contribution in [0.5, 0.6) is 0 Å². The van der Waals surface area contributed by atoms with E-state index in [4.69, 9.17) is 9.47 Å².